The van der Waals surface area contributed by atoms with Gasteiger partial charge < -0.3 is 14.1 Å². The normalized spacial score (nSPS) is 10.4. The van der Waals surface area contributed by atoms with Crippen LogP contribution in [-0.2, 0) is 11.3 Å². The predicted molar refractivity (Wildman–Crippen MR) is 76.4 cm³/mol. The zero-order valence-corrected chi connectivity index (χ0v) is 12.1. The summed E-state index contributed by atoms with van der Waals surface area (Å²) in [5, 5.41) is 0. The number of hydrogen-bond acceptors (Lipinski definition) is 3. The summed E-state index contributed by atoms with van der Waals surface area (Å²) in [6.45, 7) is 2.55. The molecule has 0 radical (unpaired) electrons. The molecule has 0 spiro atoms. The molecule has 21 heavy (non-hydrogen) atoms. The molecule has 1 aromatic carbocycles. The maximum atomic E-state index is 12.7. The number of hydrogen-bond donors (Lipinski definition) is 0. The van der Waals surface area contributed by atoms with E-state index in [-0.39, 0.29) is 24.8 Å². The maximum Gasteiger partial charge on any atom is 0.226 e. The van der Waals surface area contributed by atoms with Crippen molar-refractivity contribution in [3.8, 4) is 5.75 Å². The van der Waals surface area contributed by atoms with Crippen molar-refractivity contribution in [2.75, 3.05) is 13.7 Å². The van der Waals surface area contributed by atoms with Crippen molar-refractivity contribution in [3.63, 3.8) is 0 Å². The molecule has 0 saturated heterocycles. The Balaban J connectivity index is 1.74. The van der Waals surface area contributed by atoms with Crippen LogP contribution in [0.2, 0.25) is 0 Å². The Labute approximate surface area is 123 Å². The first-order valence-electron chi connectivity index (χ1n) is 6.72. The lowest BCUT2D eigenvalue weighted by atomic mass is 10.3. The molecule has 0 fully saturated rings. The highest BCUT2D eigenvalue weighted by molar-refractivity contribution is 5.75. The van der Waals surface area contributed by atoms with Gasteiger partial charge in [-0.1, -0.05) is 0 Å². The monoisotopic (exact) mass is 291 g/mol. The highest BCUT2D eigenvalue weighted by Gasteiger charge is 2.11. The van der Waals surface area contributed by atoms with Crippen molar-refractivity contribution in [2.45, 2.75) is 19.9 Å². The third-order valence-corrected chi connectivity index (χ3v) is 3.01. The molecule has 0 atom stereocenters. The Hall–Kier alpha value is -2.30. The molecule has 0 aliphatic rings. The summed E-state index contributed by atoms with van der Waals surface area (Å²) in [7, 11) is 1.72. The number of amides is 1. The van der Waals surface area contributed by atoms with Crippen molar-refractivity contribution in [1.82, 2.24) is 4.90 Å². The second-order valence-electron chi connectivity index (χ2n) is 4.81. The molecule has 2 aromatic rings. The van der Waals surface area contributed by atoms with Crippen LogP contribution in [0.5, 0.6) is 5.75 Å². The fourth-order valence-electron chi connectivity index (χ4n) is 1.87. The molecule has 0 N–H and O–H groups in total. The number of carbonyl (C=O) groups is 1. The van der Waals surface area contributed by atoms with Gasteiger partial charge in [0.05, 0.1) is 19.6 Å². The van der Waals surface area contributed by atoms with Crippen LogP contribution in [0.25, 0.3) is 0 Å². The largest absolute Gasteiger partial charge is 0.493 e. The smallest absolute Gasteiger partial charge is 0.226 e. The van der Waals surface area contributed by atoms with Crippen molar-refractivity contribution in [3.05, 3.63) is 53.7 Å². The Morgan fingerprint density at radius 3 is 2.57 bits per heavy atom. The first-order chi connectivity index (χ1) is 10.0. The second-order valence-corrected chi connectivity index (χ2v) is 4.81. The second kappa shape index (κ2) is 6.92. The SMILES string of the molecule is Cc1ccc(CN(C)C(=O)CCOc2ccc(F)cc2)o1. The number of carbonyl (C=O) groups excluding carboxylic acids is 1. The molecule has 1 aromatic heterocycles. The van der Waals surface area contributed by atoms with Crippen molar-refractivity contribution >= 4 is 5.91 Å². The van der Waals surface area contributed by atoms with Gasteiger partial charge in [-0.25, -0.2) is 4.39 Å². The predicted octanol–water partition coefficient (Wildman–Crippen LogP) is 3.15. The summed E-state index contributed by atoms with van der Waals surface area (Å²) in [5.41, 5.74) is 0. The molecule has 2 rings (SSSR count). The van der Waals surface area contributed by atoms with Gasteiger partial charge in [-0.05, 0) is 43.3 Å². The fourth-order valence-corrected chi connectivity index (χ4v) is 1.87. The van der Waals surface area contributed by atoms with Crippen LogP contribution in [0, 0.1) is 12.7 Å². The zero-order valence-electron chi connectivity index (χ0n) is 12.1. The average molecular weight is 291 g/mol. The first kappa shape index (κ1) is 15.1. The number of nitrogens with zero attached hydrogens (tertiary/aromatic N) is 1. The van der Waals surface area contributed by atoms with E-state index in [4.69, 9.17) is 9.15 Å². The number of aryl methyl sites for hydroxylation is 1. The van der Waals surface area contributed by atoms with Crippen LogP contribution in [0.3, 0.4) is 0 Å². The van der Waals surface area contributed by atoms with Gasteiger partial charge in [-0.3, -0.25) is 4.79 Å². The molecular weight excluding hydrogens is 273 g/mol. The van der Waals surface area contributed by atoms with E-state index in [0.29, 0.717) is 12.3 Å². The highest BCUT2D eigenvalue weighted by atomic mass is 19.1. The first-order valence-corrected chi connectivity index (χ1v) is 6.72. The maximum absolute atomic E-state index is 12.7. The molecule has 0 bridgehead atoms. The van der Waals surface area contributed by atoms with Gasteiger partial charge in [0.25, 0.3) is 0 Å². The van der Waals surface area contributed by atoms with Gasteiger partial charge in [0.2, 0.25) is 5.91 Å². The minimum Gasteiger partial charge on any atom is -0.493 e. The summed E-state index contributed by atoms with van der Waals surface area (Å²) < 4.78 is 23.6. The van der Waals surface area contributed by atoms with E-state index in [1.807, 2.05) is 19.1 Å². The summed E-state index contributed by atoms with van der Waals surface area (Å²) in [5.74, 6) is 1.78. The van der Waals surface area contributed by atoms with E-state index < -0.39 is 0 Å². The van der Waals surface area contributed by atoms with Gasteiger partial charge in [0.1, 0.15) is 23.1 Å². The van der Waals surface area contributed by atoms with E-state index in [9.17, 15) is 9.18 Å². The molecule has 1 amide bonds. The Bertz CT molecular complexity index is 592. The van der Waals surface area contributed by atoms with Gasteiger partial charge in [-0.2, -0.15) is 0 Å². The van der Waals surface area contributed by atoms with Crippen molar-refractivity contribution in [1.29, 1.82) is 0 Å². The lowest BCUT2D eigenvalue weighted by Gasteiger charge is -2.16. The van der Waals surface area contributed by atoms with Gasteiger partial charge in [0.15, 0.2) is 0 Å². The van der Waals surface area contributed by atoms with Crippen LogP contribution in [-0.4, -0.2) is 24.5 Å². The summed E-state index contributed by atoms with van der Waals surface area (Å²) in [6.07, 6.45) is 0.258. The van der Waals surface area contributed by atoms with E-state index >= 15 is 0 Å². The van der Waals surface area contributed by atoms with E-state index in [1.54, 1.807) is 11.9 Å². The fraction of sp³-hybridized carbons (Fsp3) is 0.312. The summed E-state index contributed by atoms with van der Waals surface area (Å²) >= 11 is 0. The van der Waals surface area contributed by atoms with Crippen LogP contribution in [0.1, 0.15) is 17.9 Å². The number of benzene rings is 1. The number of ether oxygens (including phenoxy) is 1. The number of rotatable bonds is 6. The Morgan fingerprint density at radius 2 is 1.95 bits per heavy atom. The minimum absolute atomic E-state index is 0.0360. The zero-order chi connectivity index (χ0) is 15.2. The Kier molecular flexibility index (Phi) is 4.98. The van der Waals surface area contributed by atoms with E-state index in [1.165, 1.54) is 24.3 Å². The molecule has 112 valence electrons. The lowest BCUT2D eigenvalue weighted by molar-refractivity contribution is -0.131. The molecule has 5 heteroatoms. The third-order valence-electron chi connectivity index (χ3n) is 3.01. The van der Waals surface area contributed by atoms with E-state index in [2.05, 4.69) is 0 Å². The third kappa shape index (κ3) is 4.63. The summed E-state index contributed by atoms with van der Waals surface area (Å²) in [6, 6.07) is 9.44. The van der Waals surface area contributed by atoms with Gasteiger partial charge in [0, 0.05) is 7.05 Å². The molecule has 0 unspecified atom stereocenters. The molecule has 0 aliphatic carbocycles. The molecular formula is C16H18FNO3. The molecule has 1 heterocycles. The van der Waals surface area contributed by atoms with Crippen molar-refractivity contribution in [2.24, 2.45) is 0 Å². The van der Waals surface area contributed by atoms with Crippen LogP contribution in [0.15, 0.2) is 40.8 Å². The number of furan rings is 1. The summed E-state index contributed by atoms with van der Waals surface area (Å²) in [4.78, 5) is 13.5. The average Bonchev–Trinajstić information content (AvgIpc) is 2.86. The van der Waals surface area contributed by atoms with Crippen LogP contribution >= 0.6 is 0 Å². The molecule has 0 saturated carbocycles. The standard InChI is InChI=1S/C16H18FNO3/c1-12-3-6-15(21-12)11-18(2)16(19)9-10-20-14-7-4-13(17)5-8-14/h3-8H,9-11H2,1-2H3. The van der Waals surface area contributed by atoms with Gasteiger partial charge >= 0.3 is 0 Å². The number of halogens is 1. The van der Waals surface area contributed by atoms with Crippen LogP contribution in [0.4, 0.5) is 4.39 Å². The molecule has 4 nitrogen and oxygen atoms in total. The highest BCUT2D eigenvalue weighted by Crippen LogP contribution is 2.12. The minimum atomic E-state index is -0.313. The lowest BCUT2D eigenvalue weighted by Crippen LogP contribution is -2.27. The molecule has 0 aliphatic heterocycles. The Morgan fingerprint density at radius 1 is 1.24 bits per heavy atom. The van der Waals surface area contributed by atoms with E-state index in [0.717, 1.165) is 11.5 Å². The van der Waals surface area contributed by atoms with Crippen molar-refractivity contribution < 1.29 is 18.3 Å². The topological polar surface area (TPSA) is 42.7 Å². The van der Waals surface area contributed by atoms with Gasteiger partial charge in [-0.15, -0.1) is 0 Å². The van der Waals surface area contributed by atoms with Crippen LogP contribution < -0.4 is 4.74 Å². The quantitative estimate of drug-likeness (QED) is 0.821.